The van der Waals surface area contributed by atoms with Gasteiger partial charge in [-0.15, -0.1) is 0 Å². The standard InChI is InChI=1S/C5H2BFN2O2/c6-3-1-4(7)5(8-2-3)9(10)11/h1-2H. The molecule has 0 amide bonds. The van der Waals surface area contributed by atoms with E-state index in [0.29, 0.717) is 0 Å². The highest BCUT2D eigenvalue weighted by atomic mass is 19.1. The van der Waals surface area contributed by atoms with Gasteiger partial charge < -0.3 is 10.1 Å². The smallest absolute Gasteiger partial charge is 0.358 e. The minimum absolute atomic E-state index is 0.0631. The van der Waals surface area contributed by atoms with Crippen molar-refractivity contribution in [2.45, 2.75) is 0 Å². The third-order valence-electron chi connectivity index (χ3n) is 1.02. The van der Waals surface area contributed by atoms with Crippen molar-refractivity contribution in [2.24, 2.45) is 0 Å². The Morgan fingerprint density at radius 3 is 2.82 bits per heavy atom. The normalized spacial score (nSPS) is 9.55. The molecule has 4 nitrogen and oxygen atoms in total. The van der Waals surface area contributed by atoms with E-state index in [-0.39, 0.29) is 5.46 Å². The van der Waals surface area contributed by atoms with Gasteiger partial charge in [0.25, 0.3) is 0 Å². The van der Waals surface area contributed by atoms with Crippen LogP contribution in [0.1, 0.15) is 0 Å². The fourth-order valence-electron chi connectivity index (χ4n) is 0.580. The molecule has 0 aliphatic rings. The molecule has 1 rings (SSSR count). The fraction of sp³-hybridized carbons (Fsp3) is 0. The van der Waals surface area contributed by atoms with Crippen molar-refractivity contribution in [1.29, 1.82) is 0 Å². The summed E-state index contributed by atoms with van der Waals surface area (Å²) >= 11 is 0. The van der Waals surface area contributed by atoms with Crippen LogP contribution in [0.5, 0.6) is 0 Å². The van der Waals surface area contributed by atoms with Crippen LogP contribution in [0.3, 0.4) is 0 Å². The summed E-state index contributed by atoms with van der Waals surface area (Å²) in [7, 11) is 5.10. The van der Waals surface area contributed by atoms with E-state index in [4.69, 9.17) is 7.85 Å². The van der Waals surface area contributed by atoms with E-state index in [2.05, 4.69) is 4.98 Å². The number of halogens is 1. The first-order valence-electron chi connectivity index (χ1n) is 2.66. The fourth-order valence-corrected chi connectivity index (χ4v) is 0.580. The van der Waals surface area contributed by atoms with Crippen LogP contribution in [0.4, 0.5) is 10.2 Å². The first kappa shape index (κ1) is 7.65. The molecule has 0 atom stereocenters. The molecule has 0 N–H and O–H groups in total. The Kier molecular flexibility index (Phi) is 1.84. The van der Waals surface area contributed by atoms with Crippen LogP contribution in [0, 0.1) is 15.9 Å². The molecule has 0 aliphatic heterocycles. The van der Waals surface area contributed by atoms with Crippen molar-refractivity contribution in [2.75, 3.05) is 0 Å². The summed E-state index contributed by atoms with van der Waals surface area (Å²) in [6, 6.07) is 0.852. The van der Waals surface area contributed by atoms with Gasteiger partial charge in [0, 0.05) is 0 Å². The molecule has 2 radical (unpaired) electrons. The van der Waals surface area contributed by atoms with E-state index >= 15 is 0 Å². The van der Waals surface area contributed by atoms with Gasteiger partial charge in [0.05, 0.1) is 0 Å². The molecule has 0 saturated heterocycles. The zero-order valence-electron chi connectivity index (χ0n) is 5.32. The van der Waals surface area contributed by atoms with Gasteiger partial charge in [-0.1, -0.05) is 5.46 Å². The third-order valence-corrected chi connectivity index (χ3v) is 1.02. The monoisotopic (exact) mass is 152 g/mol. The molecule has 0 fully saturated rings. The van der Waals surface area contributed by atoms with Crippen molar-refractivity contribution >= 4 is 19.1 Å². The van der Waals surface area contributed by atoms with Crippen molar-refractivity contribution < 1.29 is 9.31 Å². The van der Waals surface area contributed by atoms with Gasteiger partial charge in [0.1, 0.15) is 14.0 Å². The summed E-state index contributed by atoms with van der Waals surface area (Å²) < 4.78 is 12.5. The maximum absolute atomic E-state index is 12.5. The van der Waals surface area contributed by atoms with Crippen molar-refractivity contribution in [3.05, 3.63) is 28.2 Å². The average molecular weight is 152 g/mol. The Labute approximate surface area is 62.6 Å². The molecule has 11 heavy (non-hydrogen) atoms. The van der Waals surface area contributed by atoms with Crippen molar-refractivity contribution in [3.63, 3.8) is 0 Å². The number of aromatic nitrogens is 1. The second kappa shape index (κ2) is 2.65. The van der Waals surface area contributed by atoms with Gasteiger partial charge in [-0.3, -0.25) is 0 Å². The molecule has 0 aliphatic carbocycles. The molecule has 54 valence electrons. The van der Waals surface area contributed by atoms with Gasteiger partial charge >= 0.3 is 5.82 Å². The lowest BCUT2D eigenvalue weighted by Gasteiger charge is -1.93. The Morgan fingerprint density at radius 2 is 2.36 bits per heavy atom. The highest BCUT2D eigenvalue weighted by Crippen LogP contribution is 2.09. The highest BCUT2D eigenvalue weighted by molar-refractivity contribution is 6.32. The summed E-state index contributed by atoms with van der Waals surface area (Å²) in [6.07, 6.45) is 1.03. The summed E-state index contributed by atoms with van der Waals surface area (Å²) in [5, 5.41) is 10.00. The van der Waals surface area contributed by atoms with E-state index in [0.717, 1.165) is 12.3 Å². The Bertz CT molecular complexity index is 305. The number of hydrogen-bond acceptors (Lipinski definition) is 3. The zero-order valence-corrected chi connectivity index (χ0v) is 5.32. The lowest BCUT2D eigenvalue weighted by atomic mass is 9.99. The van der Waals surface area contributed by atoms with Crippen molar-refractivity contribution in [1.82, 2.24) is 4.98 Å². The molecular formula is C5H2BFN2O2. The predicted molar refractivity (Wildman–Crippen MR) is 36.2 cm³/mol. The Morgan fingerprint density at radius 1 is 1.73 bits per heavy atom. The van der Waals surface area contributed by atoms with E-state index in [1.165, 1.54) is 0 Å². The Balaban J connectivity index is 3.20. The lowest BCUT2D eigenvalue weighted by Crippen LogP contribution is -2.07. The number of hydrogen-bond donors (Lipinski definition) is 0. The van der Waals surface area contributed by atoms with Crippen LogP contribution in [-0.4, -0.2) is 17.8 Å². The topological polar surface area (TPSA) is 56.0 Å². The minimum atomic E-state index is -1.02. The number of nitro groups is 1. The number of rotatable bonds is 1. The van der Waals surface area contributed by atoms with Gasteiger partial charge in [0.15, 0.2) is 0 Å². The first-order chi connectivity index (χ1) is 5.11. The number of pyridine rings is 1. The van der Waals surface area contributed by atoms with E-state index in [1.807, 2.05) is 0 Å². The summed E-state index contributed by atoms with van der Waals surface area (Å²) in [4.78, 5) is 12.3. The molecular weight excluding hydrogens is 150 g/mol. The molecule has 0 bridgehead atoms. The molecule has 1 aromatic rings. The SMILES string of the molecule is [B]c1cnc([N+](=O)[O-])c(F)c1. The maximum Gasteiger partial charge on any atom is 0.399 e. The average Bonchev–Trinajstić information content (AvgIpc) is 1.85. The molecule has 0 saturated carbocycles. The van der Waals surface area contributed by atoms with Crippen LogP contribution >= 0.6 is 0 Å². The Hall–Kier alpha value is -1.46. The number of nitrogens with zero attached hydrogens (tertiary/aromatic N) is 2. The van der Waals surface area contributed by atoms with Gasteiger partial charge in [-0.2, -0.15) is 4.39 Å². The zero-order chi connectivity index (χ0) is 8.43. The highest BCUT2D eigenvalue weighted by Gasteiger charge is 2.13. The van der Waals surface area contributed by atoms with Crippen LogP contribution in [0.15, 0.2) is 12.3 Å². The second-order valence-corrected chi connectivity index (χ2v) is 1.83. The molecule has 0 aromatic carbocycles. The molecule has 1 heterocycles. The third kappa shape index (κ3) is 1.51. The van der Waals surface area contributed by atoms with Crippen molar-refractivity contribution in [3.8, 4) is 0 Å². The van der Waals surface area contributed by atoms with Gasteiger partial charge in [-0.25, -0.2) is 0 Å². The van der Waals surface area contributed by atoms with Gasteiger partial charge in [0.2, 0.25) is 5.82 Å². The minimum Gasteiger partial charge on any atom is -0.358 e. The van der Waals surface area contributed by atoms with Crippen LogP contribution in [0.25, 0.3) is 0 Å². The van der Waals surface area contributed by atoms with Gasteiger partial charge in [-0.05, 0) is 16.0 Å². The molecule has 0 unspecified atom stereocenters. The van der Waals surface area contributed by atoms with Crippen LogP contribution in [0.2, 0.25) is 0 Å². The van der Waals surface area contributed by atoms with Crippen LogP contribution in [-0.2, 0) is 0 Å². The summed E-state index contributed by atoms with van der Waals surface area (Å²) in [5.41, 5.74) is 0.0631. The second-order valence-electron chi connectivity index (χ2n) is 1.83. The molecule has 1 aromatic heterocycles. The summed E-state index contributed by atoms with van der Waals surface area (Å²) in [5.74, 6) is -1.82. The lowest BCUT2D eigenvalue weighted by molar-refractivity contribution is -0.392. The summed E-state index contributed by atoms with van der Waals surface area (Å²) in [6.45, 7) is 0. The van der Waals surface area contributed by atoms with E-state index in [1.54, 1.807) is 0 Å². The predicted octanol–water partition coefficient (Wildman–Crippen LogP) is -0.0773. The molecule has 6 heteroatoms. The van der Waals surface area contributed by atoms with Crippen LogP contribution < -0.4 is 5.46 Å². The van der Waals surface area contributed by atoms with E-state index in [9.17, 15) is 14.5 Å². The maximum atomic E-state index is 12.5. The largest absolute Gasteiger partial charge is 0.399 e. The molecule has 0 spiro atoms. The quantitative estimate of drug-likeness (QED) is 0.321. The first-order valence-corrected chi connectivity index (χ1v) is 2.66. The van der Waals surface area contributed by atoms with E-state index < -0.39 is 16.6 Å².